The molecule has 1 unspecified atom stereocenters. The molecule has 1 atom stereocenters. The minimum Gasteiger partial charge on any atom is -0.496 e. The molecule has 0 bridgehead atoms. The van der Waals surface area contributed by atoms with Crippen LogP contribution in [-0.4, -0.2) is 65.8 Å². The fourth-order valence-corrected chi connectivity index (χ4v) is 3.78. The molecular formula is C23H31N3O2. The number of aryl methyl sites for hydroxylation is 1. The first-order valence-corrected chi connectivity index (χ1v) is 9.99. The van der Waals surface area contributed by atoms with Crippen LogP contribution in [0.4, 0.5) is 0 Å². The van der Waals surface area contributed by atoms with Crippen molar-refractivity contribution >= 4 is 6.08 Å². The van der Waals surface area contributed by atoms with Crippen molar-refractivity contribution in [1.29, 1.82) is 0 Å². The third-order valence-electron chi connectivity index (χ3n) is 5.26. The fraction of sp³-hybridized carbons (Fsp3) is 0.435. The summed E-state index contributed by atoms with van der Waals surface area (Å²) in [5, 5.41) is 9.53. The summed E-state index contributed by atoms with van der Waals surface area (Å²) in [6.07, 6.45) is 5.12. The molecule has 1 N–H and O–H groups in total. The van der Waals surface area contributed by atoms with Crippen LogP contribution in [0.3, 0.4) is 0 Å². The van der Waals surface area contributed by atoms with Gasteiger partial charge in [-0.1, -0.05) is 36.4 Å². The van der Waals surface area contributed by atoms with E-state index in [2.05, 4.69) is 45.1 Å². The Kier molecular flexibility index (Phi) is 7.60. The molecule has 0 aliphatic carbocycles. The third kappa shape index (κ3) is 5.64. The zero-order valence-corrected chi connectivity index (χ0v) is 16.9. The summed E-state index contributed by atoms with van der Waals surface area (Å²) in [5.41, 5.74) is 3.25. The van der Waals surface area contributed by atoms with Gasteiger partial charge < -0.3 is 9.84 Å². The number of rotatable bonds is 8. The van der Waals surface area contributed by atoms with E-state index in [0.29, 0.717) is 6.04 Å². The highest BCUT2D eigenvalue weighted by Crippen LogP contribution is 2.19. The first kappa shape index (κ1) is 20.5. The van der Waals surface area contributed by atoms with E-state index in [1.807, 2.05) is 31.2 Å². The van der Waals surface area contributed by atoms with Gasteiger partial charge in [-0.3, -0.25) is 14.8 Å². The van der Waals surface area contributed by atoms with Crippen molar-refractivity contribution in [3.05, 3.63) is 65.5 Å². The van der Waals surface area contributed by atoms with Gasteiger partial charge in [-0.2, -0.15) is 0 Å². The van der Waals surface area contributed by atoms with Crippen LogP contribution in [0.25, 0.3) is 6.08 Å². The summed E-state index contributed by atoms with van der Waals surface area (Å²) in [6, 6.07) is 14.6. The van der Waals surface area contributed by atoms with Gasteiger partial charge in [0.15, 0.2) is 0 Å². The van der Waals surface area contributed by atoms with Gasteiger partial charge in [0.2, 0.25) is 0 Å². The van der Waals surface area contributed by atoms with E-state index in [1.165, 1.54) is 0 Å². The van der Waals surface area contributed by atoms with Crippen molar-refractivity contribution in [1.82, 2.24) is 14.8 Å². The van der Waals surface area contributed by atoms with E-state index >= 15 is 0 Å². The molecule has 5 heteroatoms. The largest absolute Gasteiger partial charge is 0.496 e. The zero-order chi connectivity index (χ0) is 19.8. The molecule has 3 rings (SSSR count). The van der Waals surface area contributed by atoms with E-state index < -0.39 is 0 Å². The van der Waals surface area contributed by atoms with Crippen LogP contribution < -0.4 is 4.74 Å². The highest BCUT2D eigenvalue weighted by atomic mass is 16.5. The van der Waals surface area contributed by atoms with Crippen molar-refractivity contribution in [2.75, 3.05) is 39.9 Å². The average Bonchev–Trinajstić information content (AvgIpc) is 2.70. The van der Waals surface area contributed by atoms with Crippen LogP contribution in [0.1, 0.15) is 23.4 Å². The number of benzene rings is 1. The molecule has 28 heavy (non-hydrogen) atoms. The van der Waals surface area contributed by atoms with Crippen molar-refractivity contribution in [3.63, 3.8) is 0 Å². The zero-order valence-electron chi connectivity index (χ0n) is 16.9. The van der Waals surface area contributed by atoms with Crippen molar-refractivity contribution in [3.8, 4) is 5.75 Å². The summed E-state index contributed by atoms with van der Waals surface area (Å²) in [5.74, 6) is 0.896. The number of piperazine rings is 1. The molecule has 0 amide bonds. The molecule has 0 spiro atoms. The second kappa shape index (κ2) is 10.4. The Labute approximate surface area is 168 Å². The first-order chi connectivity index (χ1) is 13.7. The fourth-order valence-electron chi connectivity index (χ4n) is 3.78. The molecule has 0 radical (unpaired) electrons. The Balaban J connectivity index is 1.58. The summed E-state index contributed by atoms with van der Waals surface area (Å²) in [4.78, 5) is 9.55. The molecule has 5 nitrogen and oxygen atoms in total. The van der Waals surface area contributed by atoms with Crippen LogP contribution in [0, 0.1) is 6.92 Å². The maximum absolute atomic E-state index is 9.53. The Morgan fingerprint density at radius 2 is 2.04 bits per heavy atom. The van der Waals surface area contributed by atoms with Crippen LogP contribution in [0.5, 0.6) is 5.75 Å². The molecule has 0 saturated carbocycles. The van der Waals surface area contributed by atoms with E-state index in [-0.39, 0.29) is 6.61 Å². The number of hydrogen-bond acceptors (Lipinski definition) is 5. The van der Waals surface area contributed by atoms with E-state index in [1.54, 1.807) is 7.11 Å². The minimum atomic E-state index is 0.216. The Hall–Kier alpha value is -2.21. The van der Waals surface area contributed by atoms with Gasteiger partial charge in [0, 0.05) is 56.6 Å². The monoisotopic (exact) mass is 381 g/mol. The lowest BCUT2D eigenvalue weighted by Crippen LogP contribution is -2.52. The quantitative estimate of drug-likeness (QED) is 0.762. The average molecular weight is 382 g/mol. The lowest BCUT2D eigenvalue weighted by Gasteiger charge is -2.41. The second-order valence-corrected chi connectivity index (χ2v) is 7.31. The molecule has 2 heterocycles. The number of ether oxygens (including phenoxy) is 1. The van der Waals surface area contributed by atoms with Gasteiger partial charge in [-0.25, -0.2) is 0 Å². The van der Waals surface area contributed by atoms with E-state index in [0.717, 1.165) is 61.8 Å². The standard InChI is InChI=1S/C23H31N3O2/c1-19-7-5-10-21(24-19)17-26-15-14-25(18-22(26)12-16-27)13-6-9-20-8-3-4-11-23(20)28-2/h3-11,22,27H,12-18H2,1-2H3. The normalized spacial score (nSPS) is 18.6. The minimum absolute atomic E-state index is 0.216. The maximum atomic E-state index is 9.53. The Morgan fingerprint density at radius 1 is 1.18 bits per heavy atom. The predicted molar refractivity (Wildman–Crippen MR) is 113 cm³/mol. The number of aliphatic hydroxyl groups is 1. The number of methoxy groups -OCH3 is 1. The van der Waals surface area contributed by atoms with E-state index in [4.69, 9.17) is 4.74 Å². The van der Waals surface area contributed by atoms with Crippen molar-refractivity contribution < 1.29 is 9.84 Å². The molecule has 150 valence electrons. The van der Waals surface area contributed by atoms with Gasteiger partial charge in [0.05, 0.1) is 12.8 Å². The number of hydrogen-bond donors (Lipinski definition) is 1. The first-order valence-electron chi connectivity index (χ1n) is 9.99. The van der Waals surface area contributed by atoms with Gasteiger partial charge in [-0.15, -0.1) is 0 Å². The van der Waals surface area contributed by atoms with E-state index in [9.17, 15) is 5.11 Å². The van der Waals surface area contributed by atoms with Gasteiger partial charge in [0.1, 0.15) is 5.75 Å². The lowest BCUT2D eigenvalue weighted by atomic mass is 10.1. The topological polar surface area (TPSA) is 48.8 Å². The molecule has 1 fully saturated rings. The summed E-state index contributed by atoms with van der Waals surface area (Å²) < 4.78 is 5.41. The molecule has 1 aliphatic rings. The summed E-state index contributed by atoms with van der Waals surface area (Å²) in [7, 11) is 1.70. The summed E-state index contributed by atoms with van der Waals surface area (Å²) in [6.45, 7) is 6.96. The van der Waals surface area contributed by atoms with Crippen LogP contribution in [-0.2, 0) is 6.54 Å². The molecule has 1 saturated heterocycles. The van der Waals surface area contributed by atoms with Crippen molar-refractivity contribution in [2.24, 2.45) is 0 Å². The predicted octanol–water partition coefficient (Wildman–Crippen LogP) is 2.98. The van der Waals surface area contributed by atoms with Crippen molar-refractivity contribution in [2.45, 2.75) is 25.9 Å². The van der Waals surface area contributed by atoms with Crippen LogP contribution >= 0.6 is 0 Å². The van der Waals surface area contributed by atoms with Crippen LogP contribution in [0.2, 0.25) is 0 Å². The lowest BCUT2D eigenvalue weighted by molar-refractivity contribution is 0.0587. The molecule has 2 aromatic rings. The van der Waals surface area contributed by atoms with Gasteiger partial charge in [0.25, 0.3) is 0 Å². The number of aliphatic hydroxyl groups excluding tert-OH is 1. The number of para-hydroxylation sites is 1. The molecular weight excluding hydrogens is 350 g/mol. The number of pyridine rings is 1. The SMILES string of the molecule is COc1ccccc1C=CCN1CCN(Cc2cccc(C)n2)C(CCO)C1. The Morgan fingerprint density at radius 3 is 2.82 bits per heavy atom. The third-order valence-corrected chi connectivity index (χ3v) is 5.26. The van der Waals surface area contributed by atoms with Gasteiger partial charge in [-0.05, 0) is 31.5 Å². The maximum Gasteiger partial charge on any atom is 0.126 e. The second-order valence-electron chi connectivity index (χ2n) is 7.31. The molecule has 1 aromatic carbocycles. The Bertz CT molecular complexity index is 778. The highest BCUT2D eigenvalue weighted by molar-refractivity contribution is 5.57. The number of aromatic nitrogens is 1. The summed E-state index contributed by atoms with van der Waals surface area (Å²) >= 11 is 0. The highest BCUT2D eigenvalue weighted by Gasteiger charge is 2.26. The smallest absolute Gasteiger partial charge is 0.126 e. The molecule has 1 aliphatic heterocycles. The number of nitrogens with zero attached hydrogens (tertiary/aromatic N) is 3. The van der Waals surface area contributed by atoms with Gasteiger partial charge >= 0.3 is 0 Å². The molecule has 1 aromatic heterocycles. The van der Waals surface area contributed by atoms with Crippen LogP contribution in [0.15, 0.2) is 48.5 Å².